The fourth-order valence-electron chi connectivity index (χ4n) is 8.12. The number of rotatable bonds is 17. The summed E-state index contributed by atoms with van der Waals surface area (Å²) in [6, 6.07) is 12.2. The lowest BCUT2D eigenvalue weighted by Gasteiger charge is -2.40. The molecule has 1 N–H and O–H groups in total. The molecule has 0 saturated carbocycles. The number of carbonyl (C=O) groups is 2. The third-order valence-corrected chi connectivity index (χ3v) is 17.2. The maximum absolute atomic E-state index is 14.0. The summed E-state index contributed by atoms with van der Waals surface area (Å²) in [5.74, 6) is -7.02. The Hall–Kier alpha value is -4.96. The van der Waals surface area contributed by atoms with Gasteiger partial charge in [-0.15, -0.1) is 0 Å². The van der Waals surface area contributed by atoms with E-state index in [0.29, 0.717) is 73.2 Å². The average molecular weight is 1050 g/mol. The van der Waals surface area contributed by atoms with E-state index in [-0.39, 0.29) is 61.2 Å². The van der Waals surface area contributed by atoms with Gasteiger partial charge in [0.15, 0.2) is 29.2 Å². The molecule has 4 aromatic rings. The number of ether oxygens (including phenoxy) is 3. The molecule has 0 amide bonds. The van der Waals surface area contributed by atoms with Gasteiger partial charge in [-0.3, -0.25) is 29.5 Å². The fourth-order valence-corrected chi connectivity index (χ4v) is 12.0. The average Bonchev–Trinajstić information content (AvgIpc) is 3.31. The Morgan fingerprint density at radius 3 is 1.29 bits per heavy atom. The summed E-state index contributed by atoms with van der Waals surface area (Å²) in [7, 11) is -6.54. The number of carbonyl (C=O) groups excluding carboxylic acids is 2. The van der Waals surface area contributed by atoms with Gasteiger partial charge in [-0.2, -0.15) is 0 Å². The summed E-state index contributed by atoms with van der Waals surface area (Å²) >= 11 is 0. The molecule has 0 bridgehead atoms. The fraction of sp³-hybridized carbons (Fsp3) is 0.569. The van der Waals surface area contributed by atoms with Crippen LogP contribution in [0, 0.1) is 0 Å². The number of aromatic nitrogens is 4. The van der Waals surface area contributed by atoms with Gasteiger partial charge >= 0.3 is 11.9 Å². The molecule has 4 heterocycles. The molecule has 0 aliphatic carbocycles. The van der Waals surface area contributed by atoms with Crippen molar-refractivity contribution in [3.05, 3.63) is 84.7 Å². The highest BCUT2D eigenvalue weighted by Gasteiger charge is 2.56. The Kier molecular flexibility index (Phi) is 18.6. The molecule has 2 aromatic carbocycles. The molecule has 2 aromatic heterocycles. The van der Waals surface area contributed by atoms with Crippen molar-refractivity contribution in [3.8, 4) is 22.5 Å². The van der Waals surface area contributed by atoms with E-state index in [4.69, 9.17) is 14.2 Å². The van der Waals surface area contributed by atoms with Crippen LogP contribution >= 0.6 is 0 Å². The smallest absolute Gasteiger partial charge is 0.328 e. The van der Waals surface area contributed by atoms with Gasteiger partial charge in [0, 0.05) is 63.1 Å². The number of halogens is 4. The quantitative estimate of drug-likeness (QED) is 0.0783. The van der Waals surface area contributed by atoms with Gasteiger partial charge in [0.25, 0.3) is 0 Å². The van der Waals surface area contributed by atoms with E-state index in [2.05, 4.69) is 30.2 Å². The molecule has 15 nitrogen and oxygen atoms in total. The Morgan fingerprint density at radius 2 is 0.972 bits per heavy atom. The van der Waals surface area contributed by atoms with Crippen LogP contribution in [0.4, 0.5) is 17.6 Å². The second-order valence-electron chi connectivity index (χ2n) is 20.6. The Balaban J connectivity index is 0.000000269. The molecule has 2 aliphatic heterocycles. The summed E-state index contributed by atoms with van der Waals surface area (Å²) < 4.78 is 121. The number of esters is 2. The zero-order valence-electron chi connectivity index (χ0n) is 42.6. The van der Waals surface area contributed by atoms with Crippen molar-refractivity contribution < 1.29 is 58.2 Å². The second-order valence-corrected chi connectivity index (χ2v) is 25.1. The predicted octanol–water partition coefficient (Wildman–Crippen LogP) is 8.30. The van der Waals surface area contributed by atoms with Crippen molar-refractivity contribution >= 4 is 31.6 Å². The van der Waals surface area contributed by atoms with Crippen LogP contribution in [0.2, 0.25) is 0 Å². The number of methoxy groups -OCH3 is 1. The van der Waals surface area contributed by atoms with Crippen LogP contribution in [-0.2, 0) is 56.3 Å². The molecular weight excluding hydrogens is 981 g/mol. The molecule has 0 unspecified atom stereocenters. The van der Waals surface area contributed by atoms with Crippen LogP contribution in [-0.4, -0.2) is 133 Å². The zero-order valence-corrected chi connectivity index (χ0v) is 44.2. The molecule has 21 heteroatoms. The molecule has 6 rings (SSSR count). The molecule has 0 atom stereocenters. The van der Waals surface area contributed by atoms with E-state index in [1.165, 1.54) is 49.1 Å². The Bertz CT molecular complexity index is 2660. The number of alkyl halides is 4. The maximum Gasteiger partial charge on any atom is 0.328 e. The van der Waals surface area contributed by atoms with Gasteiger partial charge in [-0.1, -0.05) is 24.3 Å². The molecule has 0 spiro atoms. The molecule has 2 fully saturated rings. The molecule has 396 valence electrons. The second kappa shape index (κ2) is 23.1. The van der Waals surface area contributed by atoms with Crippen LogP contribution in [0.1, 0.15) is 105 Å². The minimum Gasteiger partial charge on any atom is -0.459 e. The number of likely N-dealkylation sites (tertiary alicyclic amines) is 1. The first-order valence-electron chi connectivity index (χ1n) is 23.9. The van der Waals surface area contributed by atoms with Crippen molar-refractivity contribution in [3.63, 3.8) is 0 Å². The summed E-state index contributed by atoms with van der Waals surface area (Å²) in [5, 5.41) is 3.10. The van der Waals surface area contributed by atoms with Crippen LogP contribution in [0.25, 0.3) is 22.5 Å². The van der Waals surface area contributed by atoms with Gasteiger partial charge in [0.05, 0.1) is 51.6 Å². The van der Waals surface area contributed by atoms with Gasteiger partial charge in [0.1, 0.15) is 11.2 Å². The van der Waals surface area contributed by atoms with E-state index in [1.807, 2.05) is 0 Å². The summed E-state index contributed by atoms with van der Waals surface area (Å²) in [4.78, 5) is 45.6. The van der Waals surface area contributed by atoms with Crippen LogP contribution in [0.3, 0.4) is 0 Å². The van der Waals surface area contributed by atoms with E-state index < -0.39 is 64.2 Å². The molecule has 72 heavy (non-hydrogen) atoms. The number of nitrogens with zero attached hydrogens (tertiary/aromatic N) is 5. The first-order chi connectivity index (χ1) is 33.4. The number of benzene rings is 2. The Labute approximate surface area is 421 Å². The SMILES string of the molecule is CC(F)(F)CCc1cnc(-c2ccc(S(=O)(=O)C3(C(=O)OC(C)(C)C)CCNCC3)cc2)cn1.COCCN1CCC(C(=O)OC(C)(C)C)(S(=O)(=O)c2ccc(-c3cnc(CCC(C)(F)F)cn3)cc2)CC1. The molecular formula is C51H68F4N6O9S2. The van der Waals surface area contributed by atoms with Crippen LogP contribution in [0.15, 0.2) is 83.1 Å². The highest BCUT2D eigenvalue weighted by Crippen LogP contribution is 2.40. The normalized spacial score (nSPS) is 16.8. The summed E-state index contributed by atoms with van der Waals surface area (Å²) in [6.45, 7) is 14.8. The van der Waals surface area contributed by atoms with Gasteiger partial charge < -0.3 is 24.4 Å². The molecule has 0 radical (unpaired) electrons. The zero-order chi connectivity index (χ0) is 53.4. The van der Waals surface area contributed by atoms with Gasteiger partial charge in [-0.25, -0.2) is 34.4 Å². The molecule has 2 saturated heterocycles. The highest BCUT2D eigenvalue weighted by atomic mass is 32.2. The van der Waals surface area contributed by atoms with Crippen molar-refractivity contribution in [1.82, 2.24) is 30.2 Å². The Morgan fingerprint density at radius 1 is 0.597 bits per heavy atom. The largest absolute Gasteiger partial charge is 0.459 e. The number of hydrogen-bond donors (Lipinski definition) is 1. The lowest BCUT2D eigenvalue weighted by molar-refractivity contribution is -0.160. The maximum atomic E-state index is 14.0. The van der Waals surface area contributed by atoms with E-state index in [1.54, 1.807) is 72.9 Å². The van der Waals surface area contributed by atoms with Gasteiger partial charge in [0.2, 0.25) is 11.8 Å². The summed E-state index contributed by atoms with van der Waals surface area (Å²) in [6.07, 6.45) is 5.87. The van der Waals surface area contributed by atoms with Crippen molar-refractivity contribution in [2.75, 3.05) is 46.4 Å². The summed E-state index contributed by atoms with van der Waals surface area (Å²) in [5.41, 5.74) is 1.45. The predicted molar refractivity (Wildman–Crippen MR) is 264 cm³/mol. The van der Waals surface area contributed by atoms with E-state index in [0.717, 1.165) is 13.8 Å². The third kappa shape index (κ3) is 15.1. The lowest BCUT2D eigenvalue weighted by Crippen LogP contribution is -2.56. The lowest BCUT2D eigenvalue weighted by atomic mass is 9.95. The monoisotopic (exact) mass is 1050 g/mol. The minimum atomic E-state index is -4.11. The van der Waals surface area contributed by atoms with Crippen molar-refractivity contribution in [2.24, 2.45) is 0 Å². The highest BCUT2D eigenvalue weighted by molar-refractivity contribution is 7.94. The number of sulfone groups is 2. The van der Waals surface area contributed by atoms with E-state index >= 15 is 0 Å². The number of aryl methyl sites for hydroxylation is 2. The first kappa shape index (κ1) is 57.9. The van der Waals surface area contributed by atoms with Crippen molar-refractivity contribution in [2.45, 2.75) is 149 Å². The third-order valence-electron chi connectivity index (χ3n) is 12.2. The van der Waals surface area contributed by atoms with E-state index in [9.17, 15) is 44.0 Å². The van der Waals surface area contributed by atoms with Crippen molar-refractivity contribution in [1.29, 1.82) is 0 Å². The van der Waals surface area contributed by atoms with Gasteiger partial charge in [-0.05, 0) is 131 Å². The number of piperidine rings is 2. The standard InChI is InChI=1S/C27H37F2N3O5S.C24H31F2N3O4S/c1-25(2,3)37-24(33)27(12-14-32(15-13-27)16-17-36-5)38(34,35)22-8-6-20(7-9-22)23-19-30-21(18-31-23)10-11-26(4,28)29;1-22(2,3)33-21(30)24(11-13-27-14-12-24)34(31,32)19-7-5-17(6-8-19)20-16-28-18(15-29-20)9-10-23(4,25)26/h6-9,18-19H,10-17H2,1-5H3;5-8,15-16,27H,9-14H2,1-4H3. The first-order valence-corrected chi connectivity index (χ1v) is 26.8. The number of nitrogens with one attached hydrogen (secondary N) is 1. The molecule has 2 aliphatic rings. The van der Waals surface area contributed by atoms with Crippen LogP contribution < -0.4 is 5.32 Å². The topological polar surface area (TPSA) is 197 Å². The minimum absolute atomic E-state index is 0.0206. The van der Waals surface area contributed by atoms with Crippen LogP contribution in [0.5, 0.6) is 0 Å². The number of hydrogen-bond acceptors (Lipinski definition) is 15.